The number of aryl methyl sites for hydroxylation is 4. The van der Waals surface area contributed by atoms with Crippen molar-refractivity contribution in [1.82, 2.24) is 0 Å². The van der Waals surface area contributed by atoms with Crippen LogP contribution in [-0.4, -0.2) is 25.9 Å². The Labute approximate surface area is 149 Å². The fourth-order valence-corrected chi connectivity index (χ4v) is 3.80. The molecule has 2 heterocycles. The molecule has 4 rings (SSSR count). The second-order valence-electron chi connectivity index (χ2n) is 7.54. The maximum atomic E-state index is 6.35. The van der Waals surface area contributed by atoms with E-state index in [1.54, 1.807) is 0 Å². The Kier molecular flexibility index (Phi) is 4.19. The van der Waals surface area contributed by atoms with Crippen LogP contribution in [0, 0.1) is 27.7 Å². The van der Waals surface area contributed by atoms with Crippen LogP contribution < -0.4 is 0 Å². The number of benzene rings is 2. The maximum Gasteiger partial charge on any atom is 0.148 e. The van der Waals surface area contributed by atoms with E-state index in [9.17, 15) is 0 Å². The minimum absolute atomic E-state index is 0.0506. The van der Waals surface area contributed by atoms with Crippen LogP contribution in [0.5, 0.6) is 0 Å². The fourth-order valence-electron chi connectivity index (χ4n) is 3.80. The van der Waals surface area contributed by atoms with E-state index in [4.69, 9.17) is 14.2 Å². The lowest BCUT2D eigenvalue weighted by atomic mass is 9.87. The van der Waals surface area contributed by atoms with Gasteiger partial charge in [-0.3, -0.25) is 0 Å². The van der Waals surface area contributed by atoms with Gasteiger partial charge in [0.25, 0.3) is 0 Å². The van der Waals surface area contributed by atoms with Gasteiger partial charge in [-0.2, -0.15) is 0 Å². The van der Waals surface area contributed by atoms with Gasteiger partial charge in [0.05, 0.1) is 19.8 Å². The van der Waals surface area contributed by atoms with Gasteiger partial charge in [-0.1, -0.05) is 47.5 Å². The summed E-state index contributed by atoms with van der Waals surface area (Å²) in [6.07, 6.45) is 0.323. The van der Waals surface area contributed by atoms with Gasteiger partial charge in [-0.15, -0.1) is 0 Å². The molecule has 3 heteroatoms. The van der Waals surface area contributed by atoms with Crippen molar-refractivity contribution in [3.63, 3.8) is 0 Å². The van der Waals surface area contributed by atoms with Gasteiger partial charge in [-0.05, 0) is 49.9 Å². The summed E-state index contributed by atoms with van der Waals surface area (Å²) in [5.41, 5.74) is 7.21. The number of rotatable bonds is 6. The van der Waals surface area contributed by atoms with Crippen molar-refractivity contribution in [3.8, 4) is 0 Å². The average molecular weight is 338 g/mol. The van der Waals surface area contributed by atoms with Crippen molar-refractivity contribution in [2.24, 2.45) is 0 Å². The predicted octanol–water partition coefficient (Wildman–Crippen LogP) is 4.30. The van der Waals surface area contributed by atoms with E-state index in [-0.39, 0.29) is 17.8 Å². The smallest absolute Gasteiger partial charge is 0.148 e. The number of ether oxygens (including phenoxy) is 3. The summed E-state index contributed by atoms with van der Waals surface area (Å²) in [4.78, 5) is 0. The molecule has 2 aliphatic heterocycles. The molecule has 0 bridgehead atoms. The van der Waals surface area contributed by atoms with E-state index < -0.39 is 0 Å². The van der Waals surface area contributed by atoms with Crippen LogP contribution in [0.2, 0.25) is 0 Å². The molecule has 132 valence electrons. The summed E-state index contributed by atoms with van der Waals surface area (Å²) >= 11 is 0. The van der Waals surface area contributed by atoms with Crippen molar-refractivity contribution in [1.29, 1.82) is 0 Å². The maximum absolute atomic E-state index is 6.35. The standard InChI is InChI=1S/C22H26O3/c1-14-5-7-19(16(3)9-14)21-22(25-21,13-23-11-18-12-24-18)20-8-6-15(2)10-17(20)4/h5-10,18,21H,11-13H2,1-4H3. The quantitative estimate of drug-likeness (QED) is 0.736. The summed E-state index contributed by atoms with van der Waals surface area (Å²) in [6, 6.07) is 13.2. The van der Waals surface area contributed by atoms with Gasteiger partial charge in [0.2, 0.25) is 0 Å². The van der Waals surface area contributed by atoms with E-state index in [1.165, 1.54) is 33.4 Å². The predicted molar refractivity (Wildman–Crippen MR) is 97.9 cm³/mol. The molecule has 3 nitrogen and oxygen atoms in total. The Morgan fingerprint density at radius 2 is 1.68 bits per heavy atom. The molecule has 0 aliphatic carbocycles. The monoisotopic (exact) mass is 338 g/mol. The van der Waals surface area contributed by atoms with Crippen LogP contribution in [0.3, 0.4) is 0 Å². The highest BCUT2D eigenvalue weighted by molar-refractivity contribution is 5.44. The van der Waals surface area contributed by atoms with Gasteiger partial charge < -0.3 is 14.2 Å². The first kappa shape index (κ1) is 16.8. The zero-order chi connectivity index (χ0) is 17.6. The summed E-state index contributed by atoms with van der Waals surface area (Å²) in [5, 5.41) is 0. The third-order valence-electron chi connectivity index (χ3n) is 5.26. The van der Waals surface area contributed by atoms with Gasteiger partial charge in [0.1, 0.15) is 17.8 Å². The summed E-state index contributed by atoms with van der Waals surface area (Å²) in [7, 11) is 0. The van der Waals surface area contributed by atoms with Crippen molar-refractivity contribution in [2.45, 2.75) is 45.5 Å². The molecule has 0 saturated carbocycles. The zero-order valence-electron chi connectivity index (χ0n) is 15.5. The van der Waals surface area contributed by atoms with Gasteiger partial charge in [-0.25, -0.2) is 0 Å². The van der Waals surface area contributed by atoms with Crippen molar-refractivity contribution in [2.75, 3.05) is 19.8 Å². The highest BCUT2D eigenvalue weighted by Gasteiger charge is 2.59. The molecular formula is C22H26O3. The van der Waals surface area contributed by atoms with E-state index in [1.807, 2.05) is 0 Å². The molecule has 2 saturated heterocycles. The Balaban J connectivity index is 1.65. The lowest BCUT2D eigenvalue weighted by molar-refractivity contribution is 0.0669. The molecule has 0 spiro atoms. The van der Waals surface area contributed by atoms with Crippen LogP contribution >= 0.6 is 0 Å². The van der Waals surface area contributed by atoms with E-state index in [0.29, 0.717) is 13.2 Å². The molecule has 25 heavy (non-hydrogen) atoms. The topological polar surface area (TPSA) is 34.3 Å². The van der Waals surface area contributed by atoms with Gasteiger partial charge >= 0.3 is 0 Å². The molecule has 2 aromatic carbocycles. The average Bonchev–Trinajstić information content (AvgIpc) is 3.45. The third kappa shape index (κ3) is 3.24. The summed E-state index contributed by atoms with van der Waals surface area (Å²) < 4.78 is 17.6. The minimum atomic E-state index is -0.382. The van der Waals surface area contributed by atoms with Crippen LogP contribution in [0.1, 0.15) is 39.5 Å². The highest BCUT2D eigenvalue weighted by atomic mass is 16.6. The fraction of sp³-hybridized carbons (Fsp3) is 0.455. The summed E-state index contributed by atoms with van der Waals surface area (Å²) in [5.74, 6) is 0. The molecule has 3 unspecified atom stereocenters. The molecule has 0 amide bonds. The first-order valence-corrected chi connectivity index (χ1v) is 9.02. The SMILES string of the molecule is Cc1ccc(C2OC2(COCC2CO2)c2ccc(C)cc2C)c(C)c1. The molecule has 2 aromatic rings. The Hall–Kier alpha value is -1.68. The lowest BCUT2D eigenvalue weighted by Crippen LogP contribution is -2.21. The van der Waals surface area contributed by atoms with Crippen molar-refractivity contribution < 1.29 is 14.2 Å². The van der Waals surface area contributed by atoms with Gasteiger partial charge in [0, 0.05) is 0 Å². The number of hydrogen-bond acceptors (Lipinski definition) is 3. The molecule has 0 aromatic heterocycles. The molecular weight excluding hydrogens is 312 g/mol. The number of hydrogen-bond donors (Lipinski definition) is 0. The third-order valence-corrected chi connectivity index (χ3v) is 5.26. The summed E-state index contributed by atoms with van der Waals surface area (Å²) in [6.45, 7) is 10.6. The molecule has 2 fully saturated rings. The van der Waals surface area contributed by atoms with E-state index in [0.717, 1.165) is 6.61 Å². The first-order chi connectivity index (χ1) is 12.0. The Bertz CT molecular complexity index is 794. The minimum Gasteiger partial charge on any atom is -0.375 e. The van der Waals surface area contributed by atoms with Crippen molar-refractivity contribution >= 4 is 0 Å². The number of epoxide rings is 2. The molecule has 3 atom stereocenters. The van der Waals surface area contributed by atoms with Crippen molar-refractivity contribution in [3.05, 3.63) is 69.8 Å². The Morgan fingerprint density at radius 3 is 2.32 bits per heavy atom. The largest absolute Gasteiger partial charge is 0.375 e. The zero-order valence-corrected chi connectivity index (χ0v) is 15.5. The van der Waals surface area contributed by atoms with Gasteiger partial charge in [0.15, 0.2) is 0 Å². The second-order valence-corrected chi connectivity index (χ2v) is 7.54. The van der Waals surface area contributed by atoms with Crippen LogP contribution in [0.25, 0.3) is 0 Å². The lowest BCUT2D eigenvalue weighted by Gasteiger charge is -2.18. The van der Waals surface area contributed by atoms with Crippen LogP contribution in [0.4, 0.5) is 0 Å². The van der Waals surface area contributed by atoms with Crippen LogP contribution in [0.15, 0.2) is 36.4 Å². The first-order valence-electron chi connectivity index (χ1n) is 9.02. The highest BCUT2D eigenvalue weighted by Crippen LogP contribution is 2.58. The van der Waals surface area contributed by atoms with E-state index in [2.05, 4.69) is 64.1 Å². The second kappa shape index (κ2) is 6.24. The molecule has 2 aliphatic rings. The van der Waals surface area contributed by atoms with E-state index >= 15 is 0 Å². The Morgan fingerprint density at radius 1 is 1.00 bits per heavy atom. The van der Waals surface area contributed by atoms with Crippen LogP contribution in [-0.2, 0) is 19.8 Å². The molecule has 0 radical (unpaired) electrons. The molecule has 0 N–H and O–H groups in total. The normalized spacial score (nSPS) is 27.4.